The quantitative estimate of drug-likeness (QED) is 0.878. The number of thioether (sulfide) groups is 1. The smallest absolute Gasteiger partial charge is 0.320 e. The lowest BCUT2D eigenvalue weighted by Gasteiger charge is -2.32. The summed E-state index contributed by atoms with van der Waals surface area (Å²) in [6.45, 7) is 1.07. The van der Waals surface area contributed by atoms with Crippen molar-refractivity contribution < 1.29 is 14.6 Å². The van der Waals surface area contributed by atoms with Crippen molar-refractivity contribution in [2.75, 3.05) is 13.2 Å². The highest BCUT2D eigenvalue weighted by Crippen LogP contribution is 2.40. The molecule has 3 nitrogen and oxygen atoms in total. The van der Waals surface area contributed by atoms with E-state index >= 15 is 0 Å². The van der Waals surface area contributed by atoms with Crippen LogP contribution in [0.4, 0.5) is 0 Å². The molecule has 0 saturated carbocycles. The molecule has 0 unspecified atom stereocenters. The second-order valence-corrected chi connectivity index (χ2v) is 5.28. The van der Waals surface area contributed by atoms with E-state index in [1.807, 2.05) is 30.3 Å². The second-order valence-electron chi connectivity index (χ2n) is 3.83. The number of benzene rings is 1. The number of hydrogen-bond acceptors (Lipinski definition) is 3. The molecule has 1 aromatic carbocycles. The van der Waals surface area contributed by atoms with Gasteiger partial charge in [0, 0.05) is 18.1 Å². The lowest BCUT2D eigenvalue weighted by Crippen LogP contribution is -2.40. The first kappa shape index (κ1) is 11.5. The van der Waals surface area contributed by atoms with Crippen molar-refractivity contribution >= 4 is 17.7 Å². The van der Waals surface area contributed by atoms with Crippen LogP contribution >= 0.6 is 11.8 Å². The van der Waals surface area contributed by atoms with Crippen LogP contribution in [0.15, 0.2) is 35.2 Å². The number of carbonyl (C=O) groups is 1. The topological polar surface area (TPSA) is 46.5 Å². The summed E-state index contributed by atoms with van der Waals surface area (Å²) in [5, 5.41) is 9.37. The average molecular weight is 238 g/mol. The average Bonchev–Trinajstić information content (AvgIpc) is 2.31. The van der Waals surface area contributed by atoms with Gasteiger partial charge in [0.1, 0.15) is 4.75 Å². The Hall–Kier alpha value is -1.00. The summed E-state index contributed by atoms with van der Waals surface area (Å²) < 4.78 is 4.53. The summed E-state index contributed by atoms with van der Waals surface area (Å²) in [6, 6.07) is 9.69. The maximum absolute atomic E-state index is 11.4. The maximum atomic E-state index is 11.4. The van der Waals surface area contributed by atoms with Crippen LogP contribution in [0, 0.1) is 0 Å². The molecule has 0 amide bonds. The van der Waals surface area contributed by atoms with Crippen molar-refractivity contribution in [2.45, 2.75) is 22.5 Å². The van der Waals surface area contributed by atoms with Crippen molar-refractivity contribution in [3.8, 4) is 0 Å². The molecule has 0 spiro atoms. The van der Waals surface area contributed by atoms with Crippen LogP contribution in [0.25, 0.3) is 0 Å². The molecule has 0 atom stereocenters. The summed E-state index contributed by atoms with van der Waals surface area (Å²) >= 11 is 1.44. The summed E-state index contributed by atoms with van der Waals surface area (Å²) in [7, 11) is 0. The van der Waals surface area contributed by atoms with E-state index in [9.17, 15) is 9.90 Å². The van der Waals surface area contributed by atoms with Crippen molar-refractivity contribution in [1.82, 2.24) is 0 Å². The van der Waals surface area contributed by atoms with Crippen molar-refractivity contribution in [1.29, 1.82) is 0 Å². The van der Waals surface area contributed by atoms with Gasteiger partial charge in [-0.05, 0) is 25.0 Å². The van der Waals surface area contributed by atoms with E-state index in [4.69, 9.17) is 4.74 Å². The standard InChI is InChI=1S/C12H14O3S/c13-11(14)12(6-8-15-9-7-12)16-10-4-2-1-3-5-10/h1-5H,6-9H2,(H,13,14). The van der Waals surface area contributed by atoms with Crippen LogP contribution in [-0.2, 0) is 9.53 Å². The summed E-state index contributed by atoms with van der Waals surface area (Å²) in [6.07, 6.45) is 1.14. The van der Waals surface area contributed by atoms with Crippen LogP contribution in [0.2, 0.25) is 0 Å². The molecule has 4 heteroatoms. The van der Waals surface area contributed by atoms with Gasteiger partial charge in [-0.1, -0.05) is 18.2 Å². The molecule has 86 valence electrons. The van der Waals surface area contributed by atoms with Crippen LogP contribution in [0.3, 0.4) is 0 Å². The molecule has 1 saturated heterocycles. The SMILES string of the molecule is O=C(O)C1(Sc2ccccc2)CCOCC1. The monoisotopic (exact) mass is 238 g/mol. The van der Waals surface area contributed by atoms with Gasteiger partial charge in [0.15, 0.2) is 0 Å². The molecule has 0 aliphatic carbocycles. The number of carboxylic acids is 1. The Kier molecular flexibility index (Phi) is 3.51. The third-order valence-corrected chi connectivity index (χ3v) is 4.23. The molecule has 1 heterocycles. The van der Waals surface area contributed by atoms with Crippen LogP contribution in [0.1, 0.15) is 12.8 Å². The van der Waals surface area contributed by atoms with E-state index < -0.39 is 10.7 Å². The Morgan fingerprint density at radius 3 is 2.44 bits per heavy atom. The molecule has 2 rings (SSSR count). The highest BCUT2D eigenvalue weighted by Gasteiger charge is 2.41. The van der Waals surface area contributed by atoms with Crippen molar-refractivity contribution in [3.63, 3.8) is 0 Å². The zero-order valence-corrected chi connectivity index (χ0v) is 9.70. The summed E-state index contributed by atoms with van der Waals surface area (Å²) in [5.41, 5.74) is 0. The lowest BCUT2D eigenvalue weighted by atomic mass is 9.99. The first-order chi connectivity index (χ1) is 7.73. The maximum Gasteiger partial charge on any atom is 0.320 e. The van der Waals surface area contributed by atoms with E-state index in [-0.39, 0.29) is 0 Å². The predicted octanol–water partition coefficient (Wildman–Crippen LogP) is 2.41. The van der Waals surface area contributed by atoms with Gasteiger partial charge in [0.2, 0.25) is 0 Å². The Morgan fingerprint density at radius 1 is 1.25 bits per heavy atom. The third kappa shape index (κ3) is 2.39. The Morgan fingerprint density at radius 2 is 1.88 bits per heavy atom. The molecule has 1 aliphatic heterocycles. The fraction of sp³-hybridized carbons (Fsp3) is 0.417. The molecule has 16 heavy (non-hydrogen) atoms. The minimum absolute atomic E-state index is 0.534. The third-order valence-electron chi connectivity index (χ3n) is 2.75. The van der Waals surface area contributed by atoms with Crippen molar-refractivity contribution in [2.24, 2.45) is 0 Å². The van der Waals surface area contributed by atoms with Crippen LogP contribution < -0.4 is 0 Å². The number of ether oxygens (including phenoxy) is 1. The lowest BCUT2D eigenvalue weighted by molar-refractivity contribution is -0.142. The van der Waals surface area contributed by atoms with E-state index in [0.29, 0.717) is 26.1 Å². The Bertz CT molecular complexity index is 358. The number of aliphatic carboxylic acids is 1. The second kappa shape index (κ2) is 4.89. The summed E-state index contributed by atoms with van der Waals surface area (Å²) in [4.78, 5) is 12.4. The highest BCUT2D eigenvalue weighted by molar-refractivity contribution is 8.01. The minimum Gasteiger partial charge on any atom is -0.480 e. The Balaban J connectivity index is 2.17. The molecule has 1 aromatic rings. The molecule has 1 N–H and O–H groups in total. The molecule has 0 radical (unpaired) electrons. The molecule has 0 aromatic heterocycles. The van der Waals surface area contributed by atoms with E-state index in [1.165, 1.54) is 11.8 Å². The van der Waals surface area contributed by atoms with E-state index in [0.717, 1.165) is 4.90 Å². The normalized spacial score (nSPS) is 19.2. The fourth-order valence-electron chi connectivity index (χ4n) is 1.77. The molecule has 1 aliphatic rings. The largest absolute Gasteiger partial charge is 0.480 e. The number of hydrogen-bond donors (Lipinski definition) is 1. The van der Waals surface area contributed by atoms with Gasteiger partial charge in [-0.3, -0.25) is 4.79 Å². The van der Waals surface area contributed by atoms with Gasteiger partial charge in [0.25, 0.3) is 0 Å². The van der Waals surface area contributed by atoms with Gasteiger partial charge in [-0.25, -0.2) is 0 Å². The van der Waals surface area contributed by atoms with Crippen molar-refractivity contribution in [3.05, 3.63) is 30.3 Å². The van der Waals surface area contributed by atoms with E-state index in [2.05, 4.69) is 0 Å². The highest BCUT2D eigenvalue weighted by atomic mass is 32.2. The number of carboxylic acid groups (broad SMARTS) is 1. The fourth-order valence-corrected chi connectivity index (χ4v) is 2.98. The van der Waals surface area contributed by atoms with E-state index in [1.54, 1.807) is 0 Å². The zero-order chi connectivity index (χ0) is 11.4. The first-order valence-corrected chi connectivity index (χ1v) is 6.10. The first-order valence-electron chi connectivity index (χ1n) is 5.28. The molecular formula is C12H14O3S. The van der Waals surface area contributed by atoms with Gasteiger partial charge in [-0.15, -0.1) is 11.8 Å². The summed E-state index contributed by atoms with van der Waals surface area (Å²) in [5.74, 6) is -0.732. The van der Waals surface area contributed by atoms with Gasteiger partial charge in [0.05, 0.1) is 0 Å². The van der Waals surface area contributed by atoms with Gasteiger partial charge < -0.3 is 9.84 Å². The molecule has 1 fully saturated rings. The van der Waals surface area contributed by atoms with Gasteiger partial charge >= 0.3 is 5.97 Å². The predicted molar refractivity (Wildman–Crippen MR) is 62.7 cm³/mol. The Labute approximate surface area is 98.8 Å². The zero-order valence-electron chi connectivity index (χ0n) is 8.89. The molecule has 0 bridgehead atoms. The van der Waals surface area contributed by atoms with Crippen LogP contribution in [-0.4, -0.2) is 29.0 Å². The van der Waals surface area contributed by atoms with Gasteiger partial charge in [-0.2, -0.15) is 0 Å². The van der Waals surface area contributed by atoms with Crippen LogP contribution in [0.5, 0.6) is 0 Å². The number of rotatable bonds is 3. The minimum atomic E-state index is -0.732. The molecular weight excluding hydrogens is 224 g/mol.